The number of nitrogens with one attached hydrogen (secondary N) is 1. The number of hydrogen-bond donors (Lipinski definition) is 1. The first-order valence-corrected chi connectivity index (χ1v) is 7.21. The molecule has 0 bridgehead atoms. The Hall–Kier alpha value is -1.03. The van der Waals surface area contributed by atoms with Gasteiger partial charge in [-0.05, 0) is 30.7 Å². The van der Waals surface area contributed by atoms with Crippen LogP contribution in [0.3, 0.4) is 0 Å². The van der Waals surface area contributed by atoms with E-state index >= 15 is 0 Å². The van der Waals surface area contributed by atoms with Gasteiger partial charge in [0.25, 0.3) is 0 Å². The summed E-state index contributed by atoms with van der Waals surface area (Å²) in [7, 11) is 0. The fourth-order valence-electron chi connectivity index (χ4n) is 1.88. The van der Waals surface area contributed by atoms with E-state index in [-0.39, 0.29) is 0 Å². The number of H-pyrrole nitrogens is 1. The first-order chi connectivity index (χ1) is 9.04. The van der Waals surface area contributed by atoms with E-state index in [1.165, 1.54) is 5.56 Å². The van der Waals surface area contributed by atoms with Crippen LogP contribution in [0.5, 0.6) is 0 Å². The number of benzene rings is 2. The van der Waals surface area contributed by atoms with E-state index in [2.05, 4.69) is 25.9 Å². The van der Waals surface area contributed by atoms with Crippen LogP contribution in [0.25, 0.3) is 22.4 Å². The Kier molecular flexibility index (Phi) is 3.29. The van der Waals surface area contributed by atoms with Crippen molar-refractivity contribution in [1.82, 2.24) is 9.97 Å². The third-order valence-electron chi connectivity index (χ3n) is 2.97. The van der Waals surface area contributed by atoms with E-state index in [0.29, 0.717) is 10.0 Å². The Morgan fingerprint density at radius 1 is 1.11 bits per heavy atom. The maximum absolute atomic E-state index is 6.00. The van der Waals surface area contributed by atoms with Crippen molar-refractivity contribution in [2.24, 2.45) is 0 Å². The molecule has 0 saturated carbocycles. The zero-order chi connectivity index (χ0) is 13.6. The predicted octanol–water partition coefficient (Wildman–Crippen LogP) is 5.61. The number of halogens is 3. The highest BCUT2D eigenvalue weighted by Crippen LogP contribution is 2.30. The summed E-state index contributed by atoms with van der Waals surface area (Å²) in [6.45, 7) is 2.05. The Morgan fingerprint density at radius 3 is 2.58 bits per heavy atom. The first-order valence-electron chi connectivity index (χ1n) is 5.66. The largest absolute Gasteiger partial charge is 0.338 e. The third-order valence-corrected chi connectivity index (χ3v) is 4.55. The van der Waals surface area contributed by atoms with Crippen molar-refractivity contribution in [3.8, 4) is 11.4 Å². The van der Waals surface area contributed by atoms with Crippen molar-refractivity contribution >= 4 is 50.2 Å². The molecule has 0 amide bonds. The van der Waals surface area contributed by atoms with Gasteiger partial charge in [0.15, 0.2) is 0 Å². The molecular weight excluding hydrogens is 347 g/mol. The third kappa shape index (κ3) is 2.38. The summed E-state index contributed by atoms with van der Waals surface area (Å²) in [5, 5.41) is 1.03. The lowest BCUT2D eigenvalue weighted by molar-refractivity contribution is 1.32. The van der Waals surface area contributed by atoms with Gasteiger partial charge < -0.3 is 4.98 Å². The van der Waals surface area contributed by atoms with Gasteiger partial charge in [0.2, 0.25) is 0 Å². The zero-order valence-corrected chi connectivity index (χ0v) is 13.1. The van der Waals surface area contributed by atoms with Gasteiger partial charge in [-0.1, -0.05) is 51.3 Å². The maximum Gasteiger partial charge on any atom is 0.138 e. The lowest BCUT2D eigenvalue weighted by Crippen LogP contribution is -1.82. The van der Waals surface area contributed by atoms with Crippen LogP contribution in [0.15, 0.2) is 34.8 Å². The van der Waals surface area contributed by atoms with Gasteiger partial charge in [0.05, 0.1) is 21.1 Å². The number of rotatable bonds is 1. The molecule has 2 aromatic carbocycles. The molecule has 3 aromatic rings. The lowest BCUT2D eigenvalue weighted by Gasteiger charge is -2.00. The van der Waals surface area contributed by atoms with E-state index in [1.807, 2.05) is 25.1 Å². The van der Waals surface area contributed by atoms with Crippen LogP contribution in [0.2, 0.25) is 10.0 Å². The summed E-state index contributed by atoms with van der Waals surface area (Å²) in [6, 6.07) is 9.67. The van der Waals surface area contributed by atoms with E-state index in [0.717, 1.165) is 26.9 Å². The molecule has 0 aliphatic carbocycles. The van der Waals surface area contributed by atoms with Crippen molar-refractivity contribution in [2.45, 2.75) is 6.92 Å². The van der Waals surface area contributed by atoms with Crippen LogP contribution in [0.4, 0.5) is 0 Å². The average molecular weight is 356 g/mol. The summed E-state index contributed by atoms with van der Waals surface area (Å²) in [6.07, 6.45) is 0. The first kappa shape index (κ1) is 13.0. The van der Waals surface area contributed by atoms with Crippen molar-refractivity contribution in [3.63, 3.8) is 0 Å². The number of nitrogens with zero attached hydrogens (tertiary/aromatic N) is 1. The standard InChI is InChI=1S/C14H9BrCl2N2/c1-7-2-3-8(4-9(7)15)14-18-12-5-10(16)11(17)6-13(12)19-14/h2-6H,1H3,(H,18,19). The Balaban J connectivity index is 2.17. The molecule has 0 unspecified atom stereocenters. The van der Waals surface area contributed by atoms with Crippen molar-refractivity contribution in [3.05, 3.63) is 50.4 Å². The molecule has 0 radical (unpaired) electrons. The summed E-state index contributed by atoms with van der Waals surface area (Å²) < 4.78 is 1.06. The average Bonchev–Trinajstić information content (AvgIpc) is 2.76. The van der Waals surface area contributed by atoms with Crippen molar-refractivity contribution in [2.75, 3.05) is 0 Å². The van der Waals surface area contributed by atoms with Crippen LogP contribution in [-0.2, 0) is 0 Å². The number of hydrogen-bond acceptors (Lipinski definition) is 1. The molecular formula is C14H9BrCl2N2. The highest BCUT2D eigenvalue weighted by molar-refractivity contribution is 9.10. The molecule has 1 aromatic heterocycles. The second-order valence-electron chi connectivity index (χ2n) is 4.33. The molecule has 96 valence electrons. The maximum atomic E-state index is 6.00. The van der Waals surface area contributed by atoms with Gasteiger partial charge in [0.1, 0.15) is 5.82 Å². The van der Waals surface area contributed by atoms with Crippen molar-refractivity contribution < 1.29 is 0 Å². The topological polar surface area (TPSA) is 28.7 Å². The quantitative estimate of drug-likeness (QED) is 0.604. The monoisotopic (exact) mass is 354 g/mol. The van der Waals surface area contributed by atoms with Gasteiger partial charge in [-0.3, -0.25) is 0 Å². The van der Waals surface area contributed by atoms with Gasteiger partial charge >= 0.3 is 0 Å². The highest BCUT2D eigenvalue weighted by Gasteiger charge is 2.09. The number of aromatic nitrogens is 2. The van der Waals surface area contributed by atoms with Gasteiger partial charge in [-0.2, -0.15) is 0 Å². The summed E-state index contributed by atoms with van der Waals surface area (Å²) >= 11 is 15.5. The minimum Gasteiger partial charge on any atom is -0.338 e. The van der Waals surface area contributed by atoms with Crippen LogP contribution < -0.4 is 0 Å². The summed E-state index contributed by atoms with van der Waals surface area (Å²) in [5.41, 5.74) is 3.88. The van der Waals surface area contributed by atoms with E-state index in [4.69, 9.17) is 23.2 Å². The van der Waals surface area contributed by atoms with Gasteiger partial charge in [0, 0.05) is 10.0 Å². The molecule has 0 atom stereocenters. The molecule has 1 N–H and O–H groups in total. The molecule has 1 heterocycles. The van der Waals surface area contributed by atoms with Gasteiger partial charge in [-0.15, -0.1) is 0 Å². The molecule has 19 heavy (non-hydrogen) atoms. The Morgan fingerprint density at radius 2 is 1.84 bits per heavy atom. The molecule has 3 rings (SSSR count). The molecule has 0 spiro atoms. The van der Waals surface area contributed by atoms with E-state index in [9.17, 15) is 0 Å². The predicted molar refractivity (Wildman–Crippen MR) is 84.0 cm³/mol. The number of aromatic amines is 1. The number of imidazole rings is 1. The number of fused-ring (bicyclic) bond motifs is 1. The lowest BCUT2D eigenvalue weighted by atomic mass is 10.1. The molecule has 0 aliphatic rings. The number of aryl methyl sites for hydroxylation is 1. The molecule has 0 fully saturated rings. The normalized spacial score (nSPS) is 11.2. The highest BCUT2D eigenvalue weighted by atomic mass is 79.9. The van der Waals surface area contributed by atoms with Crippen LogP contribution in [0, 0.1) is 6.92 Å². The molecule has 0 saturated heterocycles. The minimum absolute atomic E-state index is 0.511. The van der Waals surface area contributed by atoms with Crippen LogP contribution in [-0.4, -0.2) is 9.97 Å². The Bertz CT molecular complexity index is 741. The summed E-state index contributed by atoms with van der Waals surface area (Å²) in [4.78, 5) is 7.79. The Labute approximate surface area is 128 Å². The smallest absolute Gasteiger partial charge is 0.138 e. The zero-order valence-electron chi connectivity index (χ0n) is 9.97. The van der Waals surface area contributed by atoms with Crippen LogP contribution in [0.1, 0.15) is 5.56 Å². The fourth-order valence-corrected chi connectivity index (χ4v) is 2.58. The second-order valence-corrected chi connectivity index (χ2v) is 6.00. The molecule has 5 heteroatoms. The SMILES string of the molecule is Cc1ccc(-c2nc3cc(Cl)c(Cl)cc3[nH]2)cc1Br. The summed E-state index contributed by atoms with van der Waals surface area (Å²) in [5.74, 6) is 0.800. The molecule has 0 aliphatic heterocycles. The van der Waals surface area contributed by atoms with Gasteiger partial charge in [-0.25, -0.2) is 4.98 Å². The minimum atomic E-state index is 0.511. The van der Waals surface area contributed by atoms with Crippen molar-refractivity contribution in [1.29, 1.82) is 0 Å². The van der Waals surface area contributed by atoms with Crippen LogP contribution >= 0.6 is 39.1 Å². The molecule has 2 nitrogen and oxygen atoms in total. The fraction of sp³-hybridized carbons (Fsp3) is 0.0714. The van der Waals surface area contributed by atoms with E-state index < -0.39 is 0 Å². The van der Waals surface area contributed by atoms with E-state index in [1.54, 1.807) is 12.1 Å². The second kappa shape index (κ2) is 4.82.